The Morgan fingerprint density at radius 2 is 1.75 bits per heavy atom. The molecule has 2 nitrogen and oxygen atoms in total. The fourth-order valence-electron chi connectivity index (χ4n) is 1.80. The lowest BCUT2D eigenvalue weighted by molar-refractivity contribution is 1.06. The molecular formula is C14H12N2. The molecule has 0 aliphatic heterocycles. The highest BCUT2D eigenvalue weighted by Crippen LogP contribution is 2.25. The van der Waals surface area contributed by atoms with E-state index in [1.807, 2.05) is 42.5 Å². The van der Waals surface area contributed by atoms with Crippen LogP contribution in [-0.2, 0) is 6.54 Å². The maximum absolute atomic E-state index is 9.02. The summed E-state index contributed by atoms with van der Waals surface area (Å²) >= 11 is 0. The number of nitrogens with zero attached hydrogens (tertiary/aromatic N) is 1. The van der Waals surface area contributed by atoms with Gasteiger partial charge in [-0.1, -0.05) is 42.5 Å². The summed E-state index contributed by atoms with van der Waals surface area (Å²) in [5, 5.41) is 9.02. The number of benzene rings is 2. The van der Waals surface area contributed by atoms with Crippen LogP contribution >= 0.6 is 0 Å². The Hall–Kier alpha value is -2.11. The molecule has 0 spiro atoms. The number of nitrogens with two attached hydrogens (primary N) is 1. The predicted molar refractivity (Wildman–Crippen MR) is 64.5 cm³/mol. The molecule has 2 heteroatoms. The van der Waals surface area contributed by atoms with Crippen LogP contribution in [0.3, 0.4) is 0 Å². The van der Waals surface area contributed by atoms with E-state index in [1.165, 1.54) is 0 Å². The van der Waals surface area contributed by atoms with Gasteiger partial charge in [-0.25, -0.2) is 0 Å². The summed E-state index contributed by atoms with van der Waals surface area (Å²) < 4.78 is 0. The molecule has 2 rings (SSSR count). The highest BCUT2D eigenvalue weighted by atomic mass is 14.5. The highest BCUT2D eigenvalue weighted by molar-refractivity contribution is 5.70. The standard InChI is InChI=1S/C14H12N2/c15-9-12-7-4-8-13(14(12)10-16)11-5-2-1-3-6-11/h1-8H,10,16H2. The van der Waals surface area contributed by atoms with Gasteiger partial charge in [-0.3, -0.25) is 0 Å². The van der Waals surface area contributed by atoms with Crippen LogP contribution in [0.4, 0.5) is 0 Å². The largest absolute Gasteiger partial charge is 0.326 e. The summed E-state index contributed by atoms with van der Waals surface area (Å²) in [5.74, 6) is 0. The Balaban J connectivity index is 2.62. The van der Waals surface area contributed by atoms with E-state index >= 15 is 0 Å². The van der Waals surface area contributed by atoms with Gasteiger partial charge in [0, 0.05) is 6.54 Å². The lowest BCUT2D eigenvalue weighted by Crippen LogP contribution is -2.02. The second kappa shape index (κ2) is 4.61. The van der Waals surface area contributed by atoms with E-state index in [-0.39, 0.29) is 0 Å². The molecule has 0 unspecified atom stereocenters. The minimum atomic E-state index is 0.383. The Morgan fingerprint density at radius 1 is 1.00 bits per heavy atom. The Kier molecular flexibility index (Phi) is 3.00. The first-order valence-electron chi connectivity index (χ1n) is 5.14. The van der Waals surface area contributed by atoms with Crippen LogP contribution in [0.15, 0.2) is 48.5 Å². The van der Waals surface area contributed by atoms with Crippen LogP contribution in [0, 0.1) is 11.3 Å². The summed E-state index contributed by atoms with van der Waals surface area (Å²) in [4.78, 5) is 0. The van der Waals surface area contributed by atoms with E-state index < -0.39 is 0 Å². The van der Waals surface area contributed by atoms with E-state index in [0.29, 0.717) is 12.1 Å². The van der Waals surface area contributed by atoms with Crippen LogP contribution in [-0.4, -0.2) is 0 Å². The van der Waals surface area contributed by atoms with Crippen molar-refractivity contribution in [1.29, 1.82) is 5.26 Å². The van der Waals surface area contributed by atoms with Crippen molar-refractivity contribution >= 4 is 0 Å². The van der Waals surface area contributed by atoms with Crippen LogP contribution in [0.25, 0.3) is 11.1 Å². The van der Waals surface area contributed by atoms with Gasteiger partial charge in [0.15, 0.2) is 0 Å². The summed E-state index contributed by atoms with van der Waals surface area (Å²) in [5.41, 5.74) is 9.42. The van der Waals surface area contributed by atoms with Crippen molar-refractivity contribution in [2.45, 2.75) is 6.54 Å². The van der Waals surface area contributed by atoms with Crippen molar-refractivity contribution in [2.24, 2.45) is 5.73 Å². The molecule has 0 atom stereocenters. The van der Waals surface area contributed by atoms with E-state index in [0.717, 1.165) is 16.7 Å². The van der Waals surface area contributed by atoms with Crippen LogP contribution in [0.2, 0.25) is 0 Å². The molecule has 0 aliphatic carbocycles. The Labute approximate surface area is 95.0 Å². The van der Waals surface area contributed by atoms with Gasteiger partial charge < -0.3 is 5.73 Å². The molecule has 0 radical (unpaired) electrons. The lowest BCUT2D eigenvalue weighted by Gasteiger charge is -2.09. The zero-order valence-corrected chi connectivity index (χ0v) is 8.85. The van der Waals surface area contributed by atoms with E-state index in [9.17, 15) is 0 Å². The van der Waals surface area contributed by atoms with Gasteiger partial charge in [0.1, 0.15) is 0 Å². The molecule has 0 aromatic heterocycles. The van der Waals surface area contributed by atoms with Crippen LogP contribution in [0.1, 0.15) is 11.1 Å². The topological polar surface area (TPSA) is 49.8 Å². The normalized spacial score (nSPS) is 9.75. The highest BCUT2D eigenvalue weighted by Gasteiger charge is 2.07. The van der Waals surface area contributed by atoms with E-state index in [2.05, 4.69) is 6.07 Å². The third kappa shape index (κ3) is 1.81. The Bertz CT molecular complexity index is 524. The zero-order chi connectivity index (χ0) is 11.4. The van der Waals surface area contributed by atoms with Crippen molar-refractivity contribution in [3.63, 3.8) is 0 Å². The fraction of sp³-hybridized carbons (Fsp3) is 0.0714. The summed E-state index contributed by atoms with van der Waals surface area (Å²) in [6.45, 7) is 0.383. The molecule has 0 saturated heterocycles. The van der Waals surface area contributed by atoms with Gasteiger partial charge >= 0.3 is 0 Å². The molecule has 2 aromatic carbocycles. The molecule has 16 heavy (non-hydrogen) atoms. The summed E-state index contributed by atoms with van der Waals surface area (Å²) in [7, 11) is 0. The molecule has 2 N–H and O–H groups in total. The number of rotatable bonds is 2. The van der Waals surface area contributed by atoms with Gasteiger partial charge in [0.25, 0.3) is 0 Å². The smallest absolute Gasteiger partial charge is 0.0995 e. The van der Waals surface area contributed by atoms with Crippen molar-refractivity contribution < 1.29 is 0 Å². The molecule has 0 amide bonds. The first-order valence-corrected chi connectivity index (χ1v) is 5.14. The summed E-state index contributed by atoms with van der Waals surface area (Å²) in [6.07, 6.45) is 0. The van der Waals surface area contributed by atoms with E-state index in [1.54, 1.807) is 6.07 Å². The van der Waals surface area contributed by atoms with Gasteiger partial charge in [-0.05, 0) is 22.8 Å². The molecule has 0 fully saturated rings. The molecule has 0 bridgehead atoms. The van der Waals surface area contributed by atoms with Gasteiger partial charge in [0.05, 0.1) is 11.6 Å². The fourth-order valence-corrected chi connectivity index (χ4v) is 1.80. The third-order valence-corrected chi connectivity index (χ3v) is 2.59. The number of hydrogen-bond donors (Lipinski definition) is 1. The van der Waals surface area contributed by atoms with Crippen LogP contribution in [0.5, 0.6) is 0 Å². The number of hydrogen-bond acceptors (Lipinski definition) is 2. The van der Waals surface area contributed by atoms with Gasteiger partial charge in [-0.15, -0.1) is 0 Å². The monoisotopic (exact) mass is 208 g/mol. The lowest BCUT2D eigenvalue weighted by atomic mass is 9.96. The van der Waals surface area contributed by atoms with E-state index in [4.69, 9.17) is 11.0 Å². The summed E-state index contributed by atoms with van der Waals surface area (Å²) in [6, 6.07) is 17.8. The first kappa shape index (κ1) is 10.4. The first-order chi connectivity index (χ1) is 7.86. The average molecular weight is 208 g/mol. The average Bonchev–Trinajstić information content (AvgIpc) is 2.38. The van der Waals surface area contributed by atoms with Crippen LogP contribution < -0.4 is 5.73 Å². The molecule has 0 aliphatic rings. The second-order valence-corrected chi connectivity index (χ2v) is 3.51. The van der Waals surface area contributed by atoms with Crippen molar-refractivity contribution in [3.8, 4) is 17.2 Å². The minimum Gasteiger partial charge on any atom is -0.326 e. The van der Waals surface area contributed by atoms with Crippen molar-refractivity contribution in [1.82, 2.24) is 0 Å². The molecular weight excluding hydrogens is 196 g/mol. The quantitative estimate of drug-likeness (QED) is 0.824. The molecule has 78 valence electrons. The maximum atomic E-state index is 9.02. The maximum Gasteiger partial charge on any atom is 0.0995 e. The number of nitriles is 1. The van der Waals surface area contributed by atoms with Crippen molar-refractivity contribution in [3.05, 3.63) is 59.7 Å². The van der Waals surface area contributed by atoms with Gasteiger partial charge in [-0.2, -0.15) is 5.26 Å². The molecule has 2 aromatic rings. The third-order valence-electron chi connectivity index (χ3n) is 2.59. The second-order valence-electron chi connectivity index (χ2n) is 3.51. The van der Waals surface area contributed by atoms with Gasteiger partial charge in [0.2, 0.25) is 0 Å². The molecule has 0 heterocycles. The Morgan fingerprint density at radius 3 is 2.38 bits per heavy atom. The zero-order valence-electron chi connectivity index (χ0n) is 8.85. The SMILES string of the molecule is N#Cc1cccc(-c2ccccc2)c1CN. The minimum absolute atomic E-state index is 0.383. The molecule has 0 saturated carbocycles. The predicted octanol–water partition coefficient (Wildman–Crippen LogP) is 2.68. The van der Waals surface area contributed by atoms with Crippen molar-refractivity contribution in [2.75, 3.05) is 0 Å².